The average molecular weight is 506 g/mol. The Hall–Kier alpha value is -2.13. The molecule has 5 nitrogen and oxygen atoms in total. The molecule has 1 amide bonds. The van der Waals surface area contributed by atoms with Crippen LogP contribution >= 0.6 is 34.8 Å². The normalized spacial score (nSPS) is 19.9. The fourth-order valence-electron chi connectivity index (χ4n) is 4.69. The number of amides is 1. The topological polar surface area (TPSA) is 59.4 Å². The first kappa shape index (κ1) is 24.0. The van der Waals surface area contributed by atoms with Gasteiger partial charge in [0, 0.05) is 47.8 Å². The van der Waals surface area contributed by atoms with Gasteiger partial charge in [0.1, 0.15) is 0 Å². The van der Waals surface area contributed by atoms with E-state index in [0.29, 0.717) is 28.2 Å². The lowest BCUT2D eigenvalue weighted by Gasteiger charge is -2.35. The molecule has 2 heterocycles. The first-order chi connectivity index (χ1) is 15.9. The van der Waals surface area contributed by atoms with E-state index in [1.165, 1.54) is 0 Å². The molecule has 4 rings (SSSR count). The maximum atomic E-state index is 12.9. The van der Waals surface area contributed by atoms with Crippen molar-refractivity contribution < 1.29 is 4.79 Å². The Bertz CT molecular complexity index is 1060. The predicted octanol–water partition coefficient (Wildman–Crippen LogP) is 6.41. The number of likely N-dealkylation sites (tertiary alicyclic amines) is 1. The number of piperidine rings is 1. The van der Waals surface area contributed by atoms with E-state index in [2.05, 4.69) is 22.4 Å². The second kappa shape index (κ2) is 10.4. The average Bonchev–Trinajstić information content (AvgIpc) is 3.29. The molecule has 8 heteroatoms. The van der Waals surface area contributed by atoms with E-state index >= 15 is 0 Å². The van der Waals surface area contributed by atoms with Gasteiger partial charge >= 0.3 is 0 Å². The van der Waals surface area contributed by atoms with Gasteiger partial charge in [-0.15, -0.1) is 0 Å². The van der Waals surface area contributed by atoms with Crippen molar-refractivity contribution in [2.45, 2.75) is 32.2 Å². The quantitative estimate of drug-likeness (QED) is 0.510. The van der Waals surface area contributed by atoms with Gasteiger partial charge in [0.2, 0.25) is 5.91 Å². The van der Waals surface area contributed by atoms with Gasteiger partial charge in [0.05, 0.1) is 28.7 Å². The highest BCUT2D eigenvalue weighted by Gasteiger charge is 2.33. The molecule has 2 aliphatic rings. The van der Waals surface area contributed by atoms with Crippen molar-refractivity contribution in [3.8, 4) is 6.07 Å². The molecule has 0 saturated carbocycles. The molecule has 0 bridgehead atoms. The Morgan fingerprint density at radius 3 is 2.48 bits per heavy atom. The summed E-state index contributed by atoms with van der Waals surface area (Å²) in [5.41, 5.74) is 2.86. The maximum Gasteiger partial charge on any atom is 0.225 e. The molecule has 2 atom stereocenters. The van der Waals surface area contributed by atoms with Gasteiger partial charge in [-0.05, 0) is 62.1 Å². The number of benzene rings is 2. The Morgan fingerprint density at radius 1 is 1.06 bits per heavy atom. The highest BCUT2D eigenvalue weighted by Crippen LogP contribution is 2.34. The van der Waals surface area contributed by atoms with Crippen molar-refractivity contribution in [2.24, 2.45) is 11.8 Å². The number of nitrogens with one attached hydrogen (secondary N) is 1. The zero-order valence-electron chi connectivity index (χ0n) is 18.5. The van der Waals surface area contributed by atoms with Gasteiger partial charge in [-0.25, -0.2) is 0 Å². The van der Waals surface area contributed by atoms with Crippen molar-refractivity contribution in [3.63, 3.8) is 0 Å². The summed E-state index contributed by atoms with van der Waals surface area (Å²) in [4.78, 5) is 17.0. The Labute approximate surface area is 210 Å². The van der Waals surface area contributed by atoms with Gasteiger partial charge in [0.25, 0.3) is 0 Å². The summed E-state index contributed by atoms with van der Waals surface area (Å²) in [5.74, 6) is 0.231. The molecule has 1 N–H and O–H groups in total. The summed E-state index contributed by atoms with van der Waals surface area (Å²) in [6.45, 7) is 4.94. The summed E-state index contributed by atoms with van der Waals surface area (Å²) in [5, 5.41) is 14.4. The Morgan fingerprint density at radius 2 is 1.82 bits per heavy atom. The molecule has 0 aliphatic carbocycles. The number of carbonyl (C=O) groups is 1. The van der Waals surface area contributed by atoms with E-state index in [4.69, 9.17) is 40.1 Å². The number of hydrogen-bond acceptors (Lipinski definition) is 4. The molecule has 2 saturated heterocycles. The number of anilines is 2. The fraction of sp³-hybridized carbons (Fsp3) is 0.440. The standard InChI is InChI=1S/C25H27Cl3N4O/c1-16(21-4-2-19(26)12-23(21)28)30-24-13-20(3-5-22(24)27)31-10-7-18(8-11-31)25(33)32-9-6-17(14-29)15-32/h2-5,12-13,16-18,30H,6-11,15H2,1H3. The number of rotatable bonds is 5. The van der Waals surface area contributed by atoms with Gasteiger partial charge in [-0.1, -0.05) is 40.9 Å². The SMILES string of the molecule is CC(Nc1cc(N2CCC(C(=O)N3CCC(C#N)C3)CC2)ccc1Cl)c1ccc(Cl)cc1Cl. The summed E-state index contributed by atoms with van der Waals surface area (Å²) in [6.07, 6.45) is 2.42. The molecule has 0 aromatic heterocycles. The molecular weight excluding hydrogens is 479 g/mol. The molecular formula is C25H27Cl3N4O. The molecule has 2 unspecified atom stereocenters. The third kappa shape index (κ3) is 5.51. The minimum atomic E-state index is -0.0522. The third-order valence-electron chi connectivity index (χ3n) is 6.64. The van der Waals surface area contributed by atoms with E-state index in [-0.39, 0.29) is 23.8 Å². The van der Waals surface area contributed by atoms with Gasteiger partial charge < -0.3 is 15.1 Å². The van der Waals surface area contributed by atoms with Crippen molar-refractivity contribution in [2.75, 3.05) is 36.4 Å². The summed E-state index contributed by atoms with van der Waals surface area (Å²) in [7, 11) is 0. The van der Waals surface area contributed by atoms with Crippen LogP contribution < -0.4 is 10.2 Å². The van der Waals surface area contributed by atoms with Crippen LogP contribution in [0.3, 0.4) is 0 Å². The summed E-state index contributed by atoms with van der Waals surface area (Å²) >= 11 is 18.9. The lowest BCUT2D eigenvalue weighted by atomic mass is 9.95. The van der Waals surface area contributed by atoms with E-state index in [1.54, 1.807) is 6.07 Å². The van der Waals surface area contributed by atoms with Crippen LogP contribution in [-0.4, -0.2) is 37.0 Å². The number of halogens is 3. The molecule has 0 spiro atoms. The number of hydrogen-bond donors (Lipinski definition) is 1. The van der Waals surface area contributed by atoms with E-state index in [1.807, 2.05) is 36.1 Å². The maximum absolute atomic E-state index is 12.9. The first-order valence-electron chi connectivity index (χ1n) is 11.3. The van der Waals surface area contributed by atoms with Crippen molar-refractivity contribution in [1.29, 1.82) is 5.26 Å². The minimum absolute atomic E-state index is 0.0147. The van der Waals surface area contributed by atoms with Gasteiger partial charge in [0.15, 0.2) is 0 Å². The third-order valence-corrected chi connectivity index (χ3v) is 7.53. The second-order valence-corrected chi connectivity index (χ2v) is 10.1. The van der Waals surface area contributed by atoms with Crippen LogP contribution in [0.2, 0.25) is 15.1 Å². The zero-order chi connectivity index (χ0) is 23.5. The van der Waals surface area contributed by atoms with Crippen LogP contribution in [-0.2, 0) is 4.79 Å². The van der Waals surface area contributed by atoms with Crippen LogP contribution in [0.4, 0.5) is 11.4 Å². The second-order valence-electron chi connectivity index (χ2n) is 8.86. The van der Waals surface area contributed by atoms with E-state index in [0.717, 1.165) is 49.3 Å². The van der Waals surface area contributed by atoms with Crippen molar-refractivity contribution in [1.82, 2.24) is 4.90 Å². The van der Waals surface area contributed by atoms with Crippen LogP contribution in [0, 0.1) is 23.2 Å². The summed E-state index contributed by atoms with van der Waals surface area (Å²) in [6, 6.07) is 13.7. The van der Waals surface area contributed by atoms with Crippen LogP contribution in [0.5, 0.6) is 0 Å². The van der Waals surface area contributed by atoms with Crippen LogP contribution in [0.25, 0.3) is 0 Å². The highest BCUT2D eigenvalue weighted by atomic mass is 35.5. The van der Waals surface area contributed by atoms with Gasteiger partial charge in [-0.2, -0.15) is 5.26 Å². The molecule has 0 radical (unpaired) electrons. The van der Waals surface area contributed by atoms with E-state index in [9.17, 15) is 4.79 Å². The zero-order valence-corrected chi connectivity index (χ0v) is 20.8. The van der Waals surface area contributed by atoms with Gasteiger partial charge in [-0.3, -0.25) is 4.79 Å². The molecule has 2 fully saturated rings. The smallest absolute Gasteiger partial charge is 0.225 e. The monoisotopic (exact) mass is 504 g/mol. The predicted molar refractivity (Wildman–Crippen MR) is 135 cm³/mol. The molecule has 174 valence electrons. The molecule has 2 aromatic carbocycles. The Balaban J connectivity index is 1.39. The highest BCUT2D eigenvalue weighted by molar-refractivity contribution is 6.35. The molecule has 2 aliphatic heterocycles. The Kier molecular flexibility index (Phi) is 7.58. The number of nitriles is 1. The van der Waals surface area contributed by atoms with Crippen molar-refractivity contribution >= 4 is 52.1 Å². The van der Waals surface area contributed by atoms with Crippen LogP contribution in [0.15, 0.2) is 36.4 Å². The minimum Gasteiger partial charge on any atom is -0.377 e. The van der Waals surface area contributed by atoms with Crippen LogP contribution in [0.1, 0.15) is 37.8 Å². The molecule has 33 heavy (non-hydrogen) atoms. The first-order valence-corrected chi connectivity index (χ1v) is 12.4. The largest absolute Gasteiger partial charge is 0.377 e. The number of carbonyl (C=O) groups excluding carboxylic acids is 1. The lowest BCUT2D eigenvalue weighted by molar-refractivity contribution is -0.135. The number of nitrogens with zero attached hydrogens (tertiary/aromatic N) is 3. The fourth-order valence-corrected chi connectivity index (χ4v) is 5.44. The van der Waals surface area contributed by atoms with E-state index < -0.39 is 0 Å². The lowest BCUT2D eigenvalue weighted by Crippen LogP contribution is -2.42. The molecule has 2 aromatic rings. The summed E-state index contributed by atoms with van der Waals surface area (Å²) < 4.78 is 0. The van der Waals surface area contributed by atoms with Crippen molar-refractivity contribution in [3.05, 3.63) is 57.0 Å².